The van der Waals surface area contributed by atoms with Crippen molar-refractivity contribution in [3.63, 3.8) is 0 Å². The predicted molar refractivity (Wildman–Crippen MR) is 99.2 cm³/mol. The SMILES string of the molecule is COc1ccc(NC2=NC(c3ccccc3Cl)=CN3C=CNC23)cn1. The van der Waals surface area contributed by atoms with Crippen LogP contribution in [0.1, 0.15) is 5.56 Å². The Morgan fingerprint density at radius 2 is 2.12 bits per heavy atom. The summed E-state index contributed by atoms with van der Waals surface area (Å²) in [5.41, 5.74) is 2.50. The van der Waals surface area contributed by atoms with Gasteiger partial charge in [-0.2, -0.15) is 0 Å². The summed E-state index contributed by atoms with van der Waals surface area (Å²) < 4.78 is 5.09. The Bertz CT molecular complexity index is 875. The number of ether oxygens (including phenoxy) is 1. The van der Waals surface area contributed by atoms with Crippen molar-refractivity contribution in [3.05, 3.63) is 71.8 Å². The van der Waals surface area contributed by atoms with Crippen molar-refractivity contribution in [2.75, 3.05) is 12.4 Å². The van der Waals surface area contributed by atoms with Gasteiger partial charge >= 0.3 is 0 Å². The monoisotopic (exact) mass is 353 g/mol. The fourth-order valence-electron chi connectivity index (χ4n) is 2.71. The van der Waals surface area contributed by atoms with Crippen LogP contribution in [0.2, 0.25) is 5.02 Å². The lowest BCUT2D eigenvalue weighted by atomic mass is 10.1. The molecule has 1 atom stereocenters. The summed E-state index contributed by atoms with van der Waals surface area (Å²) in [4.78, 5) is 11.0. The summed E-state index contributed by atoms with van der Waals surface area (Å²) >= 11 is 6.34. The Balaban J connectivity index is 1.67. The van der Waals surface area contributed by atoms with Gasteiger partial charge in [-0.05, 0) is 12.1 Å². The van der Waals surface area contributed by atoms with Gasteiger partial charge in [0.05, 0.1) is 29.7 Å². The number of pyridine rings is 1. The summed E-state index contributed by atoms with van der Waals surface area (Å²) in [6, 6.07) is 11.4. The van der Waals surface area contributed by atoms with Crippen molar-refractivity contribution in [1.82, 2.24) is 15.2 Å². The summed E-state index contributed by atoms with van der Waals surface area (Å²) in [6.07, 6.45) is 7.44. The second-order valence-corrected chi connectivity index (χ2v) is 5.94. The first-order valence-corrected chi connectivity index (χ1v) is 8.15. The number of benzene rings is 1. The van der Waals surface area contributed by atoms with E-state index in [1.54, 1.807) is 19.4 Å². The molecule has 4 rings (SSSR count). The average molecular weight is 354 g/mol. The maximum absolute atomic E-state index is 6.34. The third kappa shape index (κ3) is 3.04. The van der Waals surface area contributed by atoms with Gasteiger partial charge in [0.15, 0.2) is 12.0 Å². The standard InChI is InChI=1S/C18H16ClN5O/c1-25-16-7-6-12(10-21-16)22-17-18-20-8-9-24(18)11-15(23-17)13-4-2-3-5-14(13)19/h2-11,18,20H,1H3,(H,22,23). The minimum absolute atomic E-state index is 0.0895. The maximum Gasteiger partial charge on any atom is 0.213 e. The Kier molecular flexibility index (Phi) is 4.03. The van der Waals surface area contributed by atoms with Gasteiger partial charge in [-0.15, -0.1) is 0 Å². The van der Waals surface area contributed by atoms with Crippen LogP contribution in [0.4, 0.5) is 5.69 Å². The highest BCUT2D eigenvalue weighted by atomic mass is 35.5. The molecule has 0 saturated heterocycles. The Labute approximate surface area is 150 Å². The minimum atomic E-state index is -0.0895. The van der Waals surface area contributed by atoms with Crippen LogP contribution < -0.4 is 15.4 Å². The third-order valence-corrected chi connectivity index (χ3v) is 4.27. The number of aromatic nitrogens is 1. The molecule has 0 bridgehead atoms. The number of amidine groups is 1. The molecule has 0 saturated carbocycles. The molecule has 25 heavy (non-hydrogen) atoms. The van der Waals surface area contributed by atoms with Crippen molar-refractivity contribution in [3.8, 4) is 5.88 Å². The van der Waals surface area contributed by atoms with Crippen LogP contribution in [0, 0.1) is 0 Å². The normalized spacial score (nSPS) is 18.2. The molecule has 0 radical (unpaired) electrons. The van der Waals surface area contributed by atoms with Crippen molar-refractivity contribution in [2.24, 2.45) is 4.99 Å². The second kappa shape index (κ2) is 6.49. The number of methoxy groups -OCH3 is 1. The molecule has 3 heterocycles. The van der Waals surface area contributed by atoms with Crippen molar-refractivity contribution >= 4 is 28.8 Å². The smallest absolute Gasteiger partial charge is 0.213 e. The van der Waals surface area contributed by atoms with Gasteiger partial charge in [-0.3, -0.25) is 0 Å². The second-order valence-electron chi connectivity index (χ2n) is 5.54. The van der Waals surface area contributed by atoms with Gasteiger partial charge in [-0.25, -0.2) is 9.98 Å². The molecule has 0 fully saturated rings. The number of halogens is 1. The lowest BCUT2D eigenvalue weighted by Gasteiger charge is -2.29. The largest absolute Gasteiger partial charge is 0.481 e. The first-order valence-electron chi connectivity index (χ1n) is 7.77. The number of hydrogen-bond donors (Lipinski definition) is 2. The zero-order valence-corrected chi connectivity index (χ0v) is 14.2. The molecule has 2 aliphatic heterocycles. The molecule has 1 aromatic heterocycles. The van der Waals surface area contributed by atoms with Gasteiger partial charge < -0.3 is 20.3 Å². The lowest BCUT2D eigenvalue weighted by Crippen LogP contribution is -2.45. The van der Waals surface area contributed by atoms with Crippen molar-refractivity contribution in [2.45, 2.75) is 6.17 Å². The number of rotatable bonds is 3. The highest BCUT2D eigenvalue weighted by molar-refractivity contribution is 6.32. The number of nitrogens with one attached hydrogen (secondary N) is 2. The average Bonchev–Trinajstić information content (AvgIpc) is 3.11. The van der Waals surface area contributed by atoms with E-state index in [0.29, 0.717) is 10.9 Å². The molecule has 1 unspecified atom stereocenters. The summed E-state index contributed by atoms with van der Waals surface area (Å²) in [5, 5.41) is 7.26. The fraction of sp³-hybridized carbons (Fsp3) is 0.111. The molecule has 2 aromatic rings. The van der Waals surface area contributed by atoms with E-state index < -0.39 is 0 Å². The minimum Gasteiger partial charge on any atom is -0.481 e. The quantitative estimate of drug-likeness (QED) is 0.886. The molecule has 126 valence electrons. The van der Waals surface area contributed by atoms with E-state index >= 15 is 0 Å². The molecular formula is C18H16ClN5O. The van der Waals surface area contributed by atoms with Crippen LogP contribution in [-0.2, 0) is 0 Å². The molecule has 0 amide bonds. The third-order valence-electron chi connectivity index (χ3n) is 3.94. The molecule has 0 aliphatic carbocycles. The first-order chi connectivity index (χ1) is 12.2. The molecule has 2 aliphatic rings. The number of fused-ring (bicyclic) bond motifs is 1. The van der Waals surface area contributed by atoms with Crippen LogP contribution >= 0.6 is 11.6 Å². The van der Waals surface area contributed by atoms with Gasteiger partial charge in [0.1, 0.15) is 0 Å². The van der Waals surface area contributed by atoms with Crippen LogP contribution in [0.25, 0.3) is 5.70 Å². The zero-order chi connectivity index (χ0) is 17.2. The van der Waals surface area contributed by atoms with E-state index in [-0.39, 0.29) is 6.17 Å². The Morgan fingerprint density at radius 1 is 1.24 bits per heavy atom. The van der Waals surface area contributed by atoms with Crippen LogP contribution in [0.3, 0.4) is 0 Å². The van der Waals surface area contributed by atoms with Crippen LogP contribution in [0.15, 0.2) is 66.2 Å². The topological polar surface area (TPSA) is 61.8 Å². The molecule has 0 spiro atoms. The maximum atomic E-state index is 6.34. The van der Waals surface area contributed by atoms with E-state index in [1.165, 1.54) is 0 Å². The van der Waals surface area contributed by atoms with E-state index in [4.69, 9.17) is 21.3 Å². The molecule has 7 heteroatoms. The summed E-state index contributed by atoms with van der Waals surface area (Å²) in [5.74, 6) is 1.32. The van der Waals surface area contributed by atoms with Crippen LogP contribution in [-0.4, -0.2) is 29.0 Å². The summed E-state index contributed by atoms with van der Waals surface area (Å²) in [7, 11) is 1.59. The highest BCUT2D eigenvalue weighted by Gasteiger charge is 2.28. The number of hydrogen-bond acceptors (Lipinski definition) is 6. The Hall–Kier alpha value is -2.99. The van der Waals surface area contributed by atoms with E-state index in [0.717, 1.165) is 22.8 Å². The van der Waals surface area contributed by atoms with E-state index in [2.05, 4.69) is 15.6 Å². The molecular weight excluding hydrogens is 338 g/mol. The lowest BCUT2D eigenvalue weighted by molar-refractivity contribution is 0.398. The predicted octanol–water partition coefficient (Wildman–Crippen LogP) is 3.27. The van der Waals surface area contributed by atoms with Gasteiger partial charge in [0, 0.05) is 30.2 Å². The van der Waals surface area contributed by atoms with Crippen LogP contribution in [0.5, 0.6) is 5.88 Å². The van der Waals surface area contributed by atoms with Crippen molar-refractivity contribution < 1.29 is 4.74 Å². The van der Waals surface area contributed by atoms with Gasteiger partial charge in [0.25, 0.3) is 0 Å². The highest BCUT2D eigenvalue weighted by Crippen LogP contribution is 2.29. The number of aliphatic imine (C=N–C) groups is 1. The van der Waals surface area contributed by atoms with E-state index in [1.807, 2.05) is 53.8 Å². The fourth-order valence-corrected chi connectivity index (χ4v) is 2.94. The molecule has 2 N–H and O–H groups in total. The zero-order valence-electron chi connectivity index (χ0n) is 13.5. The van der Waals surface area contributed by atoms with Gasteiger partial charge in [-0.1, -0.05) is 29.8 Å². The van der Waals surface area contributed by atoms with E-state index in [9.17, 15) is 0 Å². The Morgan fingerprint density at radius 3 is 2.88 bits per heavy atom. The van der Waals surface area contributed by atoms with Gasteiger partial charge in [0.2, 0.25) is 5.88 Å². The number of nitrogens with zero attached hydrogens (tertiary/aromatic N) is 3. The summed E-state index contributed by atoms with van der Waals surface area (Å²) in [6.45, 7) is 0. The number of anilines is 1. The molecule has 6 nitrogen and oxygen atoms in total. The molecule has 1 aromatic carbocycles. The van der Waals surface area contributed by atoms with Crippen molar-refractivity contribution in [1.29, 1.82) is 0 Å². The first kappa shape index (κ1) is 15.5.